The van der Waals surface area contributed by atoms with Gasteiger partial charge in [-0.15, -0.1) is 0 Å². The molecule has 3 heteroatoms. The Balaban J connectivity index is 2.40. The third kappa shape index (κ3) is 2.72. The van der Waals surface area contributed by atoms with Crippen molar-refractivity contribution >= 4 is 28.4 Å². The van der Waals surface area contributed by atoms with Crippen LogP contribution in [0.3, 0.4) is 0 Å². The Morgan fingerprint density at radius 2 is 1.94 bits per heavy atom. The van der Waals surface area contributed by atoms with Gasteiger partial charge < -0.3 is 4.74 Å². The quantitative estimate of drug-likeness (QED) is 0.620. The fourth-order valence-corrected chi connectivity index (χ4v) is 2.35. The van der Waals surface area contributed by atoms with Crippen molar-refractivity contribution in [3.8, 4) is 5.75 Å². The number of carbonyl (C=O) groups excluding carboxylic acids is 1. The largest absolute Gasteiger partial charge is 0.497 e. The van der Waals surface area contributed by atoms with Crippen molar-refractivity contribution in [3.63, 3.8) is 0 Å². The number of aryl methyl sites for hydroxylation is 1. The van der Waals surface area contributed by atoms with Crippen molar-refractivity contribution in [2.45, 2.75) is 6.92 Å². The highest BCUT2D eigenvalue weighted by Crippen LogP contribution is 2.20. The van der Waals surface area contributed by atoms with Gasteiger partial charge in [0, 0.05) is 14.7 Å². The lowest BCUT2D eigenvalue weighted by Gasteiger charge is -2.07. The summed E-state index contributed by atoms with van der Waals surface area (Å²) in [5.74, 6) is 0.820. The van der Waals surface area contributed by atoms with Crippen LogP contribution in [0.1, 0.15) is 21.5 Å². The molecule has 0 unspecified atom stereocenters. The lowest BCUT2D eigenvalue weighted by atomic mass is 9.99. The van der Waals surface area contributed by atoms with E-state index >= 15 is 0 Å². The summed E-state index contributed by atoms with van der Waals surface area (Å²) in [5.41, 5.74) is 2.37. The van der Waals surface area contributed by atoms with Crippen molar-refractivity contribution in [1.82, 2.24) is 0 Å². The second kappa shape index (κ2) is 5.52. The first-order valence-corrected chi connectivity index (χ1v) is 6.64. The molecule has 0 N–H and O–H groups in total. The number of ether oxygens (including phenoxy) is 1. The smallest absolute Gasteiger partial charge is 0.193 e. The number of rotatable bonds is 3. The second-order valence-corrected chi connectivity index (χ2v) is 5.27. The fraction of sp³-hybridized carbons (Fsp3) is 0.133. The van der Waals surface area contributed by atoms with Crippen LogP contribution in [0.2, 0.25) is 0 Å². The van der Waals surface area contributed by atoms with E-state index in [4.69, 9.17) is 4.74 Å². The molecule has 92 valence electrons. The number of halogens is 1. The predicted octanol–water partition coefficient (Wildman–Crippen LogP) is 3.84. The van der Waals surface area contributed by atoms with Gasteiger partial charge in [-0.3, -0.25) is 4.79 Å². The van der Waals surface area contributed by atoms with E-state index in [2.05, 4.69) is 22.6 Å². The van der Waals surface area contributed by atoms with Gasteiger partial charge in [0.1, 0.15) is 5.75 Å². The van der Waals surface area contributed by atoms with Crippen LogP contribution in [0.15, 0.2) is 42.5 Å². The highest BCUT2D eigenvalue weighted by atomic mass is 127. The molecule has 0 saturated heterocycles. The van der Waals surface area contributed by atoms with Crippen molar-refractivity contribution < 1.29 is 9.53 Å². The zero-order chi connectivity index (χ0) is 13.1. The second-order valence-electron chi connectivity index (χ2n) is 4.02. The van der Waals surface area contributed by atoms with E-state index in [1.165, 1.54) is 0 Å². The number of ketones is 1. The zero-order valence-electron chi connectivity index (χ0n) is 10.2. The molecule has 18 heavy (non-hydrogen) atoms. The number of benzene rings is 2. The molecule has 0 saturated carbocycles. The highest BCUT2D eigenvalue weighted by molar-refractivity contribution is 14.1. The van der Waals surface area contributed by atoms with Crippen LogP contribution in [0.4, 0.5) is 0 Å². The molecule has 0 aromatic heterocycles. The SMILES string of the molecule is COc1ccc(C(=O)c2cccc(I)c2)c(C)c1. The first kappa shape index (κ1) is 13.1. The summed E-state index contributed by atoms with van der Waals surface area (Å²) in [6, 6.07) is 13.1. The van der Waals surface area contributed by atoms with Crippen LogP contribution < -0.4 is 4.74 Å². The monoisotopic (exact) mass is 352 g/mol. The van der Waals surface area contributed by atoms with Crippen LogP contribution in [-0.2, 0) is 0 Å². The number of hydrogen-bond acceptors (Lipinski definition) is 2. The maximum absolute atomic E-state index is 12.4. The molecule has 0 aliphatic rings. The summed E-state index contributed by atoms with van der Waals surface area (Å²) in [6.07, 6.45) is 0. The highest BCUT2D eigenvalue weighted by Gasteiger charge is 2.12. The molecule has 2 aromatic rings. The molecule has 0 amide bonds. The van der Waals surface area contributed by atoms with E-state index in [1.54, 1.807) is 7.11 Å². The molecule has 0 fully saturated rings. The van der Waals surface area contributed by atoms with Gasteiger partial charge in [-0.2, -0.15) is 0 Å². The van der Waals surface area contributed by atoms with Crippen LogP contribution in [0.5, 0.6) is 5.75 Å². The van der Waals surface area contributed by atoms with Crippen LogP contribution >= 0.6 is 22.6 Å². The predicted molar refractivity (Wildman–Crippen MR) is 80.3 cm³/mol. The summed E-state index contributed by atoms with van der Waals surface area (Å²) < 4.78 is 6.20. The van der Waals surface area contributed by atoms with Gasteiger partial charge in [0.05, 0.1) is 7.11 Å². The van der Waals surface area contributed by atoms with Crippen molar-refractivity contribution in [2.75, 3.05) is 7.11 Å². The third-order valence-electron chi connectivity index (χ3n) is 2.77. The molecular formula is C15H13IO2. The average molecular weight is 352 g/mol. The Bertz CT molecular complexity index is 591. The lowest BCUT2D eigenvalue weighted by molar-refractivity contribution is 0.103. The van der Waals surface area contributed by atoms with E-state index in [-0.39, 0.29) is 5.78 Å². The Morgan fingerprint density at radius 1 is 1.17 bits per heavy atom. The van der Waals surface area contributed by atoms with E-state index in [0.717, 1.165) is 26.0 Å². The van der Waals surface area contributed by atoms with Gasteiger partial charge >= 0.3 is 0 Å². The van der Waals surface area contributed by atoms with Crippen LogP contribution in [0.25, 0.3) is 0 Å². The minimum absolute atomic E-state index is 0.0497. The summed E-state index contributed by atoms with van der Waals surface area (Å²) in [6.45, 7) is 1.92. The standard InChI is InChI=1S/C15H13IO2/c1-10-8-13(18-2)6-7-14(10)15(17)11-4-3-5-12(16)9-11/h3-9H,1-2H3. The molecule has 2 aromatic carbocycles. The minimum Gasteiger partial charge on any atom is -0.497 e. The number of methoxy groups -OCH3 is 1. The maximum atomic E-state index is 12.4. The molecule has 0 aliphatic heterocycles. The van der Waals surface area contributed by atoms with E-state index in [0.29, 0.717) is 0 Å². The summed E-state index contributed by atoms with van der Waals surface area (Å²) in [5, 5.41) is 0. The molecule has 0 atom stereocenters. The molecule has 0 heterocycles. The Morgan fingerprint density at radius 3 is 2.56 bits per heavy atom. The first-order valence-electron chi connectivity index (χ1n) is 5.56. The van der Waals surface area contributed by atoms with Gasteiger partial charge in [-0.1, -0.05) is 12.1 Å². The topological polar surface area (TPSA) is 26.3 Å². The van der Waals surface area contributed by atoms with Crippen LogP contribution in [0, 0.1) is 10.5 Å². The van der Waals surface area contributed by atoms with Gasteiger partial charge in [0.2, 0.25) is 0 Å². The summed E-state index contributed by atoms with van der Waals surface area (Å²) in [7, 11) is 1.62. The van der Waals surface area contributed by atoms with Gasteiger partial charge in [-0.25, -0.2) is 0 Å². The van der Waals surface area contributed by atoms with E-state index in [1.807, 2.05) is 49.4 Å². The molecule has 2 nitrogen and oxygen atoms in total. The molecule has 0 radical (unpaired) electrons. The van der Waals surface area contributed by atoms with Gasteiger partial charge in [0.15, 0.2) is 5.78 Å². The lowest BCUT2D eigenvalue weighted by Crippen LogP contribution is -2.04. The molecule has 0 bridgehead atoms. The molecular weight excluding hydrogens is 339 g/mol. The Hall–Kier alpha value is -1.36. The average Bonchev–Trinajstić information content (AvgIpc) is 2.37. The fourth-order valence-electron chi connectivity index (χ4n) is 1.80. The van der Waals surface area contributed by atoms with Gasteiger partial charge in [-0.05, 0) is 65.4 Å². The first-order chi connectivity index (χ1) is 8.61. The Kier molecular flexibility index (Phi) is 4.01. The maximum Gasteiger partial charge on any atom is 0.193 e. The van der Waals surface area contributed by atoms with Gasteiger partial charge in [0.25, 0.3) is 0 Å². The Labute approximate surface area is 120 Å². The van der Waals surface area contributed by atoms with Crippen molar-refractivity contribution in [2.24, 2.45) is 0 Å². The molecule has 2 rings (SSSR count). The molecule has 0 spiro atoms. The molecule has 0 aliphatic carbocycles. The van der Waals surface area contributed by atoms with Crippen molar-refractivity contribution in [3.05, 3.63) is 62.7 Å². The minimum atomic E-state index is 0.0497. The number of carbonyl (C=O) groups is 1. The normalized spacial score (nSPS) is 10.2. The zero-order valence-corrected chi connectivity index (χ0v) is 12.4. The summed E-state index contributed by atoms with van der Waals surface area (Å²) in [4.78, 5) is 12.4. The third-order valence-corrected chi connectivity index (χ3v) is 3.44. The number of hydrogen-bond donors (Lipinski definition) is 0. The van der Waals surface area contributed by atoms with Crippen LogP contribution in [-0.4, -0.2) is 12.9 Å². The van der Waals surface area contributed by atoms with E-state index in [9.17, 15) is 4.79 Å². The van der Waals surface area contributed by atoms with Crippen molar-refractivity contribution in [1.29, 1.82) is 0 Å². The summed E-state index contributed by atoms with van der Waals surface area (Å²) >= 11 is 2.21. The van der Waals surface area contributed by atoms with E-state index < -0.39 is 0 Å².